The molecule has 1 aliphatic rings. The SMILES string of the molecule is O=C(Nc1nnc(CCc2ccccc2)s1)[C@H]1CC(=O)N(c2ccc(F)cc2)C1. The Hall–Kier alpha value is -3.13. The van der Waals surface area contributed by atoms with E-state index in [0.29, 0.717) is 10.8 Å². The molecule has 1 aliphatic heterocycles. The van der Waals surface area contributed by atoms with Gasteiger partial charge in [0.15, 0.2) is 0 Å². The monoisotopic (exact) mass is 410 g/mol. The van der Waals surface area contributed by atoms with Crippen molar-refractivity contribution < 1.29 is 14.0 Å². The van der Waals surface area contributed by atoms with Crippen LogP contribution in [-0.4, -0.2) is 28.6 Å². The Morgan fingerprint density at radius 3 is 2.62 bits per heavy atom. The van der Waals surface area contributed by atoms with Gasteiger partial charge in [0.25, 0.3) is 0 Å². The molecule has 1 saturated heterocycles. The quantitative estimate of drug-likeness (QED) is 0.675. The third-order valence-electron chi connectivity index (χ3n) is 4.80. The van der Waals surface area contributed by atoms with E-state index in [9.17, 15) is 14.0 Å². The fraction of sp³-hybridized carbons (Fsp3) is 0.238. The molecule has 1 aromatic heterocycles. The first-order valence-corrected chi connectivity index (χ1v) is 10.1. The van der Waals surface area contributed by atoms with Gasteiger partial charge in [-0.15, -0.1) is 10.2 Å². The van der Waals surface area contributed by atoms with Crippen LogP contribution in [0.15, 0.2) is 54.6 Å². The second-order valence-electron chi connectivity index (χ2n) is 6.86. The molecule has 8 heteroatoms. The Labute approximate surface area is 171 Å². The van der Waals surface area contributed by atoms with E-state index < -0.39 is 5.92 Å². The molecule has 3 aromatic rings. The number of anilines is 2. The topological polar surface area (TPSA) is 75.2 Å². The molecular weight excluding hydrogens is 391 g/mol. The second-order valence-corrected chi connectivity index (χ2v) is 7.92. The number of carbonyl (C=O) groups is 2. The van der Waals surface area contributed by atoms with Crippen LogP contribution in [-0.2, 0) is 22.4 Å². The lowest BCUT2D eigenvalue weighted by atomic mass is 10.1. The van der Waals surface area contributed by atoms with Gasteiger partial charge >= 0.3 is 0 Å². The molecule has 1 N–H and O–H groups in total. The van der Waals surface area contributed by atoms with Gasteiger partial charge in [-0.2, -0.15) is 0 Å². The van der Waals surface area contributed by atoms with E-state index in [-0.39, 0.29) is 30.6 Å². The van der Waals surface area contributed by atoms with E-state index in [4.69, 9.17) is 0 Å². The van der Waals surface area contributed by atoms with E-state index in [1.807, 2.05) is 18.2 Å². The van der Waals surface area contributed by atoms with Crippen molar-refractivity contribution in [1.82, 2.24) is 10.2 Å². The zero-order valence-electron chi connectivity index (χ0n) is 15.5. The van der Waals surface area contributed by atoms with Crippen LogP contribution in [0.5, 0.6) is 0 Å². The van der Waals surface area contributed by atoms with E-state index >= 15 is 0 Å². The number of carbonyl (C=O) groups excluding carboxylic acids is 2. The summed E-state index contributed by atoms with van der Waals surface area (Å²) in [6, 6.07) is 15.8. The molecule has 0 bridgehead atoms. The average molecular weight is 410 g/mol. The number of amides is 2. The third kappa shape index (κ3) is 4.65. The van der Waals surface area contributed by atoms with E-state index in [0.717, 1.165) is 17.8 Å². The van der Waals surface area contributed by atoms with Crippen molar-refractivity contribution in [2.45, 2.75) is 19.3 Å². The summed E-state index contributed by atoms with van der Waals surface area (Å²) in [5.74, 6) is -1.26. The largest absolute Gasteiger partial charge is 0.312 e. The predicted octanol–water partition coefficient (Wildman–Crippen LogP) is 3.45. The molecule has 0 radical (unpaired) electrons. The lowest BCUT2D eigenvalue weighted by molar-refractivity contribution is -0.122. The van der Waals surface area contributed by atoms with Gasteiger partial charge in [0.2, 0.25) is 16.9 Å². The van der Waals surface area contributed by atoms with Crippen molar-refractivity contribution in [3.05, 3.63) is 71.0 Å². The van der Waals surface area contributed by atoms with Gasteiger partial charge in [0, 0.05) is 25.1 Å². The van der Waals surface area contributed by atoms with Gasteiger partial charge in [-0.3, -0.25) is 9.59 Å². The number of aromatic nitrogens is 2. The standard InChI is InChI=1S/C21H19FN4O2S/c22-16-7-9-17(10-8-16)26-13-15(12-19(26)27)20(28)23-21-25-24-18(29-21)11-6-14-4-2-1-3-5-14/h1-5,7-10,15H,6,11-13H2,(H,23,25,28)/t15-/m0/s1. The van der Waals surface area contributed by atoms with E-state index in [1.165, 1.54) is 46.1 Å². The number of halogens is 1. The summed E-state index contributed by atoms with van der Waals surface area (Å²) in [7, 11) is 0. The van der Waals surface area contributed by atoms with Gasteiger partial charge in [-0.1, -0.05) is 41.7 Å². The molecule has 6 nitrogen and oxygen atoms in total. The van der Waals surface area contributed by atoms with E-state index in [2.05, 4.69) is 27.6 Å². The van der Waals surface area contributed by atoms with Crippen LogP contribution in [0.1, 0.15) is 17.0 Å². The smallest absolute Gasteiger partial charge is 0.231 e. The van der Waals surface area contributed by atoms with Gasteiger partial charge in [-0.25, -0.2) is 4.39 Å². The molecule has 29 heavy (non-hydrogen) atoms. The fourth-order valence-electron chi connectivity index (χ4n) is 3.26. The molecule has 2 aromatic carbocycles. The normalized spacial score (nSPS) is 16.2. The lowest BCUT2D eigenvalue weighted by Crippen LogP contribution is -2.28. The minimum atomic E-state index is -0.482. The average Bonchev–Trinajstić information content (AvgIpc) is 3.34. The number of nitrogens with zero attached hydrogens (tertiary/aromatic N) is 3. The highest BCUT2D eigenvalue weighted by Gasteiger charge is 2.35. The highest BCUT2D eigenvalue weighted by molar-refractivity contribution is 7.15. The fourth-order valence-corrected chi connectivity index (χ4v) is 4.00. The van der Waals surface area contributed by atoms with Crippen LogP contribution in [0.25, 0.3) is 0 Å². The Balaban J connectivity index is 1.33. The zero-order valence-corrected chi connectivity index (χ0v) is 16.4. The first kappa shape index (κ1) is 19.2. The van der Waals surface area contributed by atoms with E-state index in [1.54, 1.807) is 0 Å². The Kier molecular flexibility index (Phi) is 5.62. The summed E-state index contributed by atoms with van der Waals surface area (Å²) in [6.07, 6.45) is 1.72. The highest BCUT2D eigenvalue weighted by atomic mass is 32.1. The lowest BCUT2D eigenvalue weighted by Gasteiger charge is -2.16. The Morgan fingerprint density at radius 2 is 1.86 bits per heavy atom. The molecule has 0 spiro atoms. The van der Waals surface area contributed by atoms with Crippen molar-refractivity contribution in [2.75, 3.05) is 16.8 Å². The second kappa shape index (κ2) is 8.48. The van der Waals surface area contributed by atoms with Gasteiger partial charge in [0.05, 0.1) is 5.92 Å². The summed E-state index contributed by atoms with van der Waals surface area (Å²) in [6.45, 7) is 0.260. The molecule has 1 atom stereocenters. The molecule has 0 aliphatic carbocycles. The number of nitrogens with one attached hydrogen (secondary N) is 1. The summed E-state index contributed by atoms with van der Waals surface area (Å²) in [5, 5.41) is 12.2. The van der Waals surface area contributed by atoms with Gasteiger partial charge in [-0.05, 0) is 36.2 Å². The molecule has 2 amide bonds. The Morgan fingerprint density at radius 1 is 1.10 bits per heavy atom. The molecule has 1 fully saturated rings. The minimum absolute atomic E-state index is 0.114. The van der Waals surface area contributed by atoms with Crippen molar-refractivity contribution in [3.8, 4) is 0 Å². The molecule has 0 saturated carbocycles. The van der Waals surface area contributed by atoms with Crippen LogP contribution >= 0.6 is 11.3 Å². The summed E-state index contributed by atoms with van der Waals surface area (Å²) in [5.41, 5.74) is 1.81. The number of hydrogen-bond acceptors (Lipinski definition) is 5. The van der Waals surface area contributed by atoms with Gasteiger partial charge in [0.1, 0.15) is 10.8 Å². The van der Waals surface area contributed by atoms with Crippen LogP contribution in [0.3, 0.4) is 0 Å². The first-order valence-electron chi connectivity index (χ1n) is 9.31. The summed E-state index contributed by atoms with van der Waals surface area (Å²) >= 11 is 1.34. The number of rotatable bonds is 6. The molecule has 4 rings (SSSR count). The Bertz CT molecular complexity index is 1010. The molecule has 148 valence electrons. The van der Waals surface area contributed by atoms with Crippen LogP contribution in [0, 0.1) is 11.7 Å². The van der Waals surface area contributed by atoms with Crippen molar-refractivity contribution >= 4 is 34.0 Å². The van der Waals surface area contributed by atoms with Gasteiger partial charge < -0.3 is 10.2 Å². The maximum atomic E-state index is 13.1. The number of hydrogen-bond donors (Lipinski definition) is 1. The van der Waals surface area contributed by atoms with Crippen LogP contribution in [0.4, 0.5) is 15.2 Å². The van der Waals surface area contributed by atoms with Crippen molar-refractivity contribution in [1.29, 1.82) is 0 Å². The summed E-state index contributed by atoms with van der Waals surface area (Å²) in [4.78, 5) is 26.4. The molecule has 0 unspecified atom stereocenters. The van der Waals surface area contributed by atoms with Crippen molar-refractivity contribution in [2.24, 2.45) is 5.92 Å². The highest BCUT2D eigenvalue weighted by Crippen LogP contribution is 2.27. The maximum absolute atomic E-state index is 13.1. The molecular formula is C21H19FN4O2S. The summed E-state index contributed by atoms with van der Waals surface area (Å²) < 4.78 is 13.1. The van der Waals surface area contributed by atoms with Crippen LogP contribution < -0.4 is 10.2 Å². The molecule has 2 heterocycles. The third-order valence-corrected chi connectivity index (χ3v) is 5.70. The first-order chi connectivity index (χ1) is 14.1. The van der Waals surface area contributed by atoms with Crippen molar-refractivity contribution in [3.63, 3.8) is 0 Å². The number of benzene rings is 2. The predicted molar refractivity (Wildman–Crippen MR) is 109 cm³/mol. The maximum Gasteiger partial charge on any atom is 0.231 e. The zero-order chi connectivity index (χ0) is 20.2. The minimum Gasteiger partial charge on any atom is -0.312 e. The van der Waals surface area contributed by atoms with Crippen LogP contribution in [0.2, 0.25) is 0 Å². The number of aryl methyl sites for hydroxylation is 2.